The van der Waals surface area contributed by atoms with E-state index in [0.717, 1.165) is 10.7 Å². The molecular weight excluding hydrogens is 258 g/mol. The molecule has 1 N–H and O–H groups in total. The van der Waals surface area contributed by atoms with Gasteiger partial charge in [0.25, 0.3) is 0 Å². The number of benzene rings is 1. The summed E-state index contributed by atoms with van der Waals surface area (Å²) in [6.07, 6.45) is 3.60. The van der Waals surface area contributed by atoms with Crippen LogP contribution in [0.15, 0.2) is 41.8 Å². The lowest BCUT2D eigenvalue weighted by molar-refractivity contribution is -0.118. The number of hydrogen-bond acceptors (Lipinski definition) is 3. The monoisotopic (exact) mass is 275 g/mol. The fourth-order valence-electron chi connectivity index (χ4n) is 1.67. The lowest BCUT2D eigenvalue weighted by Gasteiger charge is -2.07. The topological polar surface area (TPSA) is 46.9 Å². The van der Waals surface area contributed by atoms with Gasteiger partial charge in [-0.1, -0.05) is 36.0 Å². The maximum absolute atomic E-state index is 11.8. The van der Waals surface area contributed by atoms with Crippen LogP contribution < -0.4 is 5.32 Å². The molecule has 19 heavy (non-hydrogen) atoms. The number of nitrogens with one attached hydrogen (secondary N) is 1. The number of rotatable bonds is 5. The third-order valence-electron chi connectivity index (χ3n) is 2.85. The molecule has 2 rings (SSSR count). The summed E-state index contributed by atoms with van der Waals surface area (Å²) in [7, 11) is 1.92. The van der Waals surface area contributed by atoms with Crippen LogP contribution in [0.2, 0.25) is 0 Å². The Morgan fingerprint density at radius 2 is 2.21 bits per heavy atom. The normalized spacial score (nSPS) is 10.4. The summed E-state index contributed by atoms with van der Waals surface area (Å²) in [6, 6.07) is 8.06. The Bertz CT molecular complexity index is 565. The van der Waals surface area contributed by atoms with Crippen LogP contribution in [0, 0.1) is 6.92 Å². The quantitative estimate of drug-likeness (QED) is 0.850. The van der Waals surface area contributed by atoms with Gasteiger partial charge in [0.2, 0.25) is 5.91 Å². The highest BCUT2D eigenvalue weighted by Crippen LogP contribution is 2.13. The largest absolute Gasteiger partial charge is 0.351 e. The molecule has 0 aliphatic heterocycles. The number of amides is 1. The fourth-order valence-corrected chi connectivity index (χ4v) is 2.44. The molecule has 0 radical (unpaired) electrons. The molecule has 0 saturated carbocycles. The fraction of sp³-hybridized carbons (Fsp3) is 0.286. The smallest absolute Gasteiger partial charge is 0.230 e. The van der Waals surface area contributed by atoms with Gasteiger partial charge in [0, 0.05) is 26.0 Å². The first-order chi connectivity index (χ1) is 9.16. The third-order valence-corrected chi connectivity index (χ3v) is 3.90. The minimum atomic E-state index is 0.0243. The highest BCUT2D eigenvalue weighted by Gasteiger charge is 2.06. The van der Waals surface area contributed by atoms with Gasteiger partial charge >= 0.3 is 0 Å². The van der Waals surface area contributed by atoms with Crippen LogP contribution in [0.4, 0.5) is 0 Å². The second-order valence-electron chi connectivity index (χ2n) is 4.31. The van der Waals surface area contributed by atoms with Crippen molar-refractivity contribution in [3.63, 3.8) is 0 Å². The van der Waals surface area contributed by atoms with Gasteiger partial charge in [0.1, 0.15) is 0 Å². The van der Waals surface area contributed by atoms with Crippen molar-refractivity contribution < 1.29 is 4.79 Å². The first-order valence-corrected chi connectivity index (χ1v) is 7.06. The van der Waals surface area contributed by atoms with Crippen LogP contribution in [-0.4, -0.2) is 21.2 Å². The molecule has 1 amide bonds. The second-order valence-corrected chi connectivity index (χ2v) is 5.26. The van der Waals surface area contributed by atoms with Gasteiger partial charge in [-0.3, -0.25) is 4.79 Å². The summed E-state index contributed by atoms with van der Waals surface area (Å²) >= 11 is 1.44. The number of hydrogen-bond donors (Lipinski definition) is 1. The molecule has 1 aromatic carbocycles. The van der Waals surface area contributed by atoms with Crippen molar-refractivity contribution >= 4 is 17.7 Å². The number of carbonyl (C=O) groups excluding carboxylic acids is 1. The van der Waals surface area contributed by atoms with E-state index < -0.39 is 0 Å². The number of aromatic nitrogens is 2. The molecule has 0 spiro atoms. The van der Waals surface area contributed by atoms with Crippen molar-refractivity contribution in [2.45, 2.75) is 18.6 Å². The summed E-state index contributed by atoms with van der Waals surface area (Å²) < 4.78 is 1.90. The summed E-state index contributed by atoms with van der Waals surface area (Å²) in [6.45, 7) is 2.62. The summed E-state index contributed by atoms with van der Waals surface area (Å²) in [5.41, 5.74) is 2.34. The Labute approximate surface area is 117 Å². The first kappa shape index (κ1) is 13.7. The van der Waals surface area contributed by atoms with Crippen molar-refractivity contribution in [1.82, 2.24) is 14.9 Å². The van der Waals surface area contributed by atoms with E-state index in [1.165, 1.54) is 17.3 Å². The van der Waals surface area contributed by atoms with Crippen molar-refractivity contribution in [2.75, 3.05) is 5.75 Å². The lowest BCUT2D eigenvalue weighted by atomic mass is 10.1. The molecule has 0 bridgehead atoms. The summed E-state index contributed by atoms with van der Waals surface area (Å²) in [5.74, 6) is 0.410. The van der Waals surface area contributed by atoms with Crippen LogP contribution in [0.5, 0.6) is 0 Å². The summed E-state index contributed by atoms with van der Waals surface area (Å²) in [5, 5.41) is 3.78. The molecule has 2 aromatic rings. The molecule has 1 heterocycles. The maximum atomic E-state index is 11.8. The van der Waals surface area contributed by atoms with Crippen molar-refractivity contribution in [3.8, 4) is 0 Å². The van der Waals surface area contributed by atoms with Crippen LogP contribution in [0.25, 0.3) is 0 Å². The molecule has 4 nitrogen and oxygen atoms in total. The molecule has 0 unspecified atom stereocenters. The van der Waals surface area contributed by atoms with E-state index in [1.54, 1.807) is 6.20 Å². The molecule has 0 aliphatic carbocycles. The third kappa shape index (κ3) is 3.86. The molecule has 0 saturated heterocycles. The molecule has 1 aromatic heterocycles. The first-order valence-electron chi connectivity index (χ1n) is 6.08. The van der Waals surface area contributed by atoms with Gasteiger partial charge in [0.05, 0.1) is 5.75 Å². The highest BCUT2D eigenvalue weighted by molar-refractivity contribution is 7.99. The van der Waals surface area contributed by atoms with Gasteiger partial charge in [0.15, 0.2) is 5.16 Å². The van der Waals surface area contributed by atoms with Gasteiger partial charge in [-0.2, -0.15) is 0 Å². The Balaban J connectivity index is 1.79. The average molecular weight is 275 g/mol. The van der Waals surface area contributed by atoms with E-state index in [4.69, 9.17) is 0 Å². The Morgan fingerprint density at radius 3 is 2.89 bits per heavy atom. The van der Waals surface area contributed by atoms with E-state index >= 15 is 0 Å². The number of nitrogens with zero attached hydrogens (tertiary/aromatic N) is 2. The van der Waals surface area contributed by atoms with E-state index in [1.807, 2.05) is 49.0 Å². The van der Waals surface area contributed by atoms with E-state index in [2.05, 4.69) is 10.3 Å². The average Bonchev–Trinajstić information content (AvgIpc) is 2.81. The van der Waals surface area contributed by atoms with Gasteiger partial charge in [-0.05, 0) is 18.1 Å². The van der Waals surface area contributed by atoms with Gasteiger partial charge in [-0.25, -0.2) is 4.98 Å². The minimum absolute atomic E-state index is 0.0243. The molecular formula is C14H17N3OS. The number of carbonyl (C=O) groups is 1. The predicted octanol–water partition coefficient (Wildman–Crippen LogP) is 2.14. The zero-order valence-corrected chi connectivity index (χ0v) is 11.9. The van der Waals surface area contributed by atoms with E-state index in [-0.39, 0.29) is 5.91 Å². The van der Waals surface area contributed by atoms with Crippen molar-refractivity contribution in [2.24, 2.45) is 7.05 Å². The van der Waals surface area contributed by atoms with Crippen LogP contribution in [-0.2, 0) is 18.4 Å². The second kappa shape index (κ2) is 6.43. The highest BCUT2D eigenvalue weighted by atomic mass is 32.2. The standard InChI is InChI=1S/C14H17N3OS/c1-11-5-3-4-6-12(11)9-16-13(18)10-19-14-15-7-8-17(14)2/h3-8H,9-10H2,1-2H3,(H,16,18). The summed E-state index contributed by atoms with van der Waals surface area (Å²) in [4.78, 5) is 15.9. The Morgan fingerprint density at radius 1 is 1.42 bits per heavy atom. The van der Waals surface area contributed by atoms with E-state index in [9.17, 15) is 4.79 Å². The minimum Gasteiger partial charge on any atom is -0.351 e. The molecule has 100 valence electrons. The van der Waals surface area contributed by atoms with Crippen LogP contribution >= 0.6 is 11.8 Å². The van der Waals surface area contributed by atoms with Crippen molar-refractivity contribution in [1.29, 1.82) is 0 Å². The molecule has 5 heteroatoms. The van der Waals surface area contributed by atoms with Crippen LogP contribution in [0.1, 0.15) is 11.1 Å². The van der Waals surface area contributed by atoms with E-state index in [0.29, 0.717) is 12.3 Å². The number of thioether (sulfide) groups is 1. The Kier molecular flexibility index (Phi) is 4.63. The molecule has 0 aliphatic rings. The molecule has 0 fully saturated rings. The number of aryl methyl sites for hydroxylation is 2. The van der Waals surface area contributed by atoms with Gasteiger partial charge < -0.3 is 9.88 Å². The lowest BCUT2D eigenvalue weighted by Crippen LogP contribution is -2.25. The number of imidazole rings is 1. The SMILES string of the molecule is Cc1ccccc1CNC(=O)CSc1nccn1C. The molecule has 0 atom stereocenters. The van der Waals surface area contributed by atoms with Crippen molar-refractivity contribution in [3.05, 3.63) is 47.8 Å². The zero-order chi connectivity index (χ0) is 13.7. The maximum Gasteiger partial charge on any atom is 0.230 e. The van der Waals surface area contributed by atoms with Gasteiger partial charge in [-0.15, -0.1) is 0 Å². The zero-order valence-electron chi connectivity index (χ0n) is 11.1. The predicted molar refractivity (Wildman–Crippen MR) is 77.0 cm³/mol. The Hall–Kier alpha value is -1.75. The van der Waals surface area contributed by atoms with Crippen LogP contribution in [0.3, 0.4) is 0 Å².